The van der Waals surface area contributed by atoms with Crippen LogP contribution in [0.2, 0.25) is 0 Å². The van der Waals surface area contributed by atoms with Crippen LogP contribution in [0.3, 0.4) is 0 Å². The van der Waals surface area contributed by atoms with E-state index in [4.69, 9.17) is 0 Å². The van der Waals surface area contributed by atoms with Crippen molar-refractivity contribution in [2.24, 2.45) is 5.92 Å². The summed E-state index contributed by atoms with van der Waals surface area (Å²) in [5, 5.41) is 6.84. The molecule has 0 aromatic carbocycles. The lowest BCUT2D eigenvalue weighted by atomic mass is 9.98. The maximum atomic E-state index is 12.5. The lowest BCUT2D eigenvalue weighted by Crippen LogP contribution is -2.49. The number of nitrogens with one attached hydrogen (secondary N) is 2. The zero-order valence-electron chi connectivity index (χ0n) is 13.6. The number of piperidine rings is 1. The predicted octanol–water partition coefficient (Wildman–Crippen LogP) is 1.60. The Labute approximate surface area is 144 Å². The fourth-order valence-corrected chi connectivity index (χ4v) is 4.97. The molecule has 3 aliphatic heterocycles. The van der Waals surface area contributed by atoms with Crippen molar-refractivity contribution in [2.75, 3.05) is 6.54 Å². The number of amides is 2. The van der Waals surface area contributed by atoms with Gasteiger partial charge in [-0.05, 0) is 38.5 Å². The highest BCUT2D eigenvalue weighted by molar-refractivity contribution is 5.89. The van der Waals surface area contributed by atoms with E-state index in [1.165, 1.54) is 25.7 Å². The number of likely N-dealkylation sites (tertiary alicyclic amines) is 1. The Bertz CT molecular complexity index is 455. The number of fused-ring (bicyclic) bond motifs is 2. The molecule has 0 aromatic rings. The van der Waals surface area contributed by atoms with E-state index in [1.807, 2.05) is 4.90 Å². The Morgan fingerprint density at radius 3 is 2.39 bits per heavy atom. The summed E-state index contributed by atoms with van der Waals surface area (Å²) < 4.78 is 0. The Kier molecular flexibility index (Phi) is 5.16. The van der Waals surface area contributed by atoms with E-state index in [1.54, 1.807) is 0 Å². The number of carbonyl (C=O) groups is 2. The summed E-state index contributed by atoms with van der Waals surface area (Å²) in [4.78, 5) is 26.8. The maximum absolute atomic E-state index is 12.5. The minimum atomic E-state index is -0.124. The molecule has 0 aromatic heterocycles. The van der Waals surface area contributed by atoms with Gasteiger partial charge in [-0.15, -0.1) is 12.4 Å². The maximum Gasteiger partial charge on any atom is 0.225 e. The summed E-state index contributed by atoms with van der Waals surface area (Å²) in [5.74, 6) is 0.179. The molecular formula is C17H28ClN3O2. The van der Waals surface area contributed by atoms with E-state index >= 15 is 0 Å². The van der Waals surface area contributed by atoms with Crippen molar-refractivity contribution in [3.8, 4) is 0 Å². The van der Waals surface area contributed by atoms with E-state index in [0.717, 1.165) is 25.7 Å². The van der Waals surface area contributed by atoms with Gasteiger partial charge >= 0.3 is 0 Å². The number of halogens is 1. The number of nitrogens with zero attached hydrogens (tertiary/aromatic N) is 1. The molecule has 4 aliphatic rings. The molecule has 3 saturated heterocycles. The fraction of sp³-hybridized carbons (Fsp3) is 0.882. The zero-order valence-corrected chi connectivity index (χ0v) is 14.4. The lowest BCUT2D eigenvalue weighted by Gasteiger charge is -2.30. The monoisotopic (exact) mass is 341 g/mol. The molecule has 6 heteroatoms. The summed E-state index contributed by atoms with van der Waals surface area (Å²) in [7, 11) is 0. The van der Waals surface area contributed by atoms with Crippen LogP contribution in [0.1, 0.15) is 57.8 Å². The van der Waals surface area contributed by atoms with Crippen molar-refractivity contribution in [1.82, 2.24) is 15.5 Å². The van der Waals surface area contributed by atoms with Gasteiger partial charge in [0.1, 0.15) is 0 Å². The molecule has 5 nitrogen and oxygen atoms in total. The quantitative estimate of drug-likeness (QED) is 0.819. The van der Waals surface area contributed by atoms with Crippen LogP contribution in [-0.4, -0.2) is 47.4 Å². The van der Waals surface area contributed by atoms with Crippen LogP contribution in [0.4, 0.5) is 0 Å². The first-order valence-electron chi connectivity index (χ1n) is 9.05. The molecule has 4 fully saturated rings. The van der Waals surface area contributed by atoms with E-state index in [-0.39, 0.29) is 30.1 Å². The molecule has 23 heavy (non-hydrogen) atoms. The number of hydrogen-bond acceptors (Lipinski definition) is 3. The van der Waals surface area contributed by atoms with E-state index in [2.05, 4.69) is 10.6 Å². The minimum Gasteiger partial charge on any atom is -0.353 e. The Balaban J connectivity index is 0.00000156. The number of carbonyl (C=O) groups excluding carboxylic acids is 2. The molecule has 4 rings (SSSR count). The van der Waals surface area contributed by atoms with Gasteiger partial charge in [-0.25, -0.2) is 0 Å². The van der Waals surface area contributed by atoms with Gasteiger partial charge in [-0.1, -0.05) is 12.8 Å². The van der Waals surface area contributed by atoms with Crippen LogP contribution in [0.5, 0.6) is 0 Å². The number of hydrogen-bond donors (Lipinski definition) is 2. The third-order valence-corrected chi connectivity index (χ3v) is 6.11. The Morgan fingerprint density at radius 2 is 1.74 bits per heavy atom. The van der Waals surface area contributed by atoms with Gasteiger partial charge in [0.2, 0.25) is 11.8 Å². The Hall–Kier alpha value is -0.810. The van der Waals surface area contributed by atoms with Gasteiger partial charge < -0.3 is 15.5 Å². The van der Waals surface area contributed by atoms with Crippen molar-refractivity contribution in [2.45, 2.75) is 82.0 Å². The second-order valence-corrected chi connectivity index (χ2v) is 7.70. The third kappa shape index (κ3) is 3.50. The third-order valence-electron chi connectivity index (χ3n) is 6.11. The first-order valence-corrected chi connectivity index (χ1v) is 9.05. The van der Waals surface area contributed by atoms with Gasteiger partial charge in [0.25, 0.3) is 0 Å². The lowest BCUT2D eigenvalue weighted by molar-refractivity contribution is -0.130. The van der Waals surface area contributed by atoms with Crippen LogP contribution < -0.4 is 10.6 Å². The first kappa shape index (κ1) is 17.0. The van der Waals surface area contributed by atoms with Gasteiger partial charge in [0.05, 0.1) is 5.92 Å². The van der Waals surface area contributed by atoms with Crippen molar-refractivity contribution >= 4 is 24.2 Å². The second-order valence-electron chi connectivity index (χ2n) is 7.70. The molecule has 1 aliphatic carbocycles. The summed E-state index contributed by atoms with van der Waals surface area (Å²) in [6, 6.07) is 1.88. The molecule has 1 saturated carbocycles. The molecule has 3 heterocycles. The smallest absolute Gasteiger partial charge is 0.225 e. The van der Waals surface area contributed by atoms with Crippen molar-refractivity contribution in [1.29, 1.82) is 0 Å². The summed E-state index contributed by atoms with van der Waals surface area (Å²) in [5.41, 5.74) is 0. The second kappa shape index (κ2) is 6.98. The topological polar surface area (TPSA) is 61.4 Å². The largest absolute Gasteiger partial charge is 0.353 e. The summed E-state index contributed by atoms with van der Waals surface area (Å²) >= 11 is 0. The molecule has 2 bridgehead atoms. The highest BCUT2D eigenvalue weighted by Gasteiger charge is 2.40. The molecular weight excluding hydrogens is 314 g/mol. The van der Waals surface area contributed by atoms with E-state index in [0.29, 0.717) is 37.1 Å². The van der Waals surface area contributed by atoms with Gasteiger partial charge in [0, 0.05) is 37.1 Å². The average molecular weight is 342 g/mol. The van der Waals surface area contributed by atoms with Crippen LogP contribution in [0, 0.1) is 5.92 Å². The van der Waals surface area contributed by atoms with Crippen LogP contribution in [-0.2, 0) is 9.59 Å². The van der Waals surface area contributed by atoms with Gasteiger partial charge in [-0.3, -0.25) is 9.59 Å². The van der Waals surface area contributed by atoms with Gasteiger partial charge in [-0.2, -0.15) is 0 Å². The zero-order chi connectivity index (χ0) is 15.1. The van der Waals surface area contributed by atoms with Crippen LogP contribution in [0.25, 0.3) is 0 Å². The highest BCUT2D eigenvalue weighted by atomic mass is 35.5. The van der Waals surface area contributed by atoms with Gasteiger partial charge in [0.15, 0.2) is 0 Å². The summed E-state index contributed by atoms with van der Waals surface area (Å²) in [6.45, 7) is 0.646. The van der Waals surface area contributed by atoms with E-state index in [9.17, 15) is 9.59 Å². The van der Waals surface area contributed by atoms with Crippen LogP contribution in [0.15, 0.2) is 0 Å². The molecule has 2 N–H and O–H groups in total. The van der Waals surface area contributed by atoms with Crippen molar-refractivity contribution in [3.63, 3.8) is 0 Å². The average Bonchev–Trinajstić information content (AvgIpc) is 3.19. The Morgan fingerprint density at radius 1 is 1.09 bits per heavy atom. The molecule has 0 radical (unpaired) electrons. The van der Waals surface area contributed by atoms with Crippen molar-refractivity contribution < 1.29 is 9.59 Å². The van der Waals surface area contributed by atoms with E-state index < -0.39 is 0 Å². The minimum absolute atomic E-state index is 0. The molecule has 3 atom stereocenters. The normalized spacial score (nSPS) is 37.0. The van der Waals surface area contributed by atoms with Crippen LogP contribution >= 0.6 is 12.4 Å². The molecule has 130 valence electrons. The standard InChI is InChI=1S/C17H27N3O2.ClH/c21-16-7-11(10-20(16)15-3-1-2-4-15)17(22)19-14-8-12-5-6-13(9-14)18-12;/h11-15,18H,1-10H2,(H,19,22);1H. The SMILES string of the molecule is Cl.O=C(NC1CC2CCC(C1)N2)C1CC(=O)N(C2CCCC2)C1. The highest BCUT2D eigenvalue weighted by Crippen LogP contribution is 2.30. The van der Waals surface area contributed by atoms with Crippen molar-refractivity contribution in [3.05, 3.63) is 0 Å². The first-order chi connectivity index (χ1) is 10.7. The molecule has 3 unspecified atom stereocenters. The predicted molar refractivity (Wildman–Crippen MR) is 90.4 cm³/mol. The fourth-order valence-electron chi connectivity index (χ4n) is 4.97. The molecule has 0 spiro atoms. The number of rotatable bonds is 3. The molecule has 2 amide bonds. The summed E-state index contributed by atoms with van der Waals surface area (Å²) in [6.07, 6.45) is 9.70.